The monoisotopic (exact) mass is 368 g/mol. The number of hydrogen-bond donors (Lipinski definition) is 2. The topological polar surface area (TPSA) is 90.5 Å². The molecule has 0 saturated carbocycles. The molecule has 1 aliphatic rings. The van der Waals surface area contributed by atoms with E-state index in [1.807, 2.05) is 42.2 Å². The van der Waals surface area contributed by atoms with Crippen molar-refractivity contribution in [1.29, 1.82) is 0 Å². The van der Waals surface area contributed by atoms with Gasteiger partial charge in [0, 0.05) is 63.2 Å². The molecule has 0 bridgehead atoms. The molecule has 0 aliphatic carbocycles. The summed E-state index contributed by atoms with van der Waals surface area (Å²) in [4.78, 5) is 35.8. The minimum absolute atomic E-state index is 0.0984. The lowest BCUT2D eigenvalue weighted by molar-refractivity contribution is -0.129. The largest absolute Gasteiger partial charge is 0.340 e. The lowest BCUT2D eigenvalue weighted by atomic mass is 10.2. The Kier molecular flexibility index (Phi) is 5.54. The lowest BCUT2D eigenvalue weighted by Crippen LogP contribution is -2.48. The van der Waals surface area contributed by atoms with Crippen molar-refractivity contribution < 1.29 is 9.59 Å². The predicted octanol–water partition coefficient (Wildman–Crippen LogP) is 2.16. The number of piperazine rings is 1. The Hall–Kier alpha value is -3.16. The van der Waals surface area contributed by atoms with Gasteiger partial charge in [0.25, 0.3) is 0 Å². The zero-order valence-electron chi connectivity index (χ0n) is 15.8. The second kappa shape index (κ2) is 8.03. The number of carbonyl (C=O) groups is 2. The van der Waals surface area contributed by atoms with Gasteiger partial charge in [-0.3, -0.25) is 9.59 Å². The van der Waals surface area contributed by atoms with Crippen molar-refractivity contribution in [2.75, 3.05) is 41.7 Å². The Bertz CT molecular complexity index is 846. The highest BCUT2D eigenvalue weighted by Gasteiger charge is 2.21. The fourth-order valence-electron chi connectivity index (χ4n) is 3.01. The van der Waals surface area contributed by atoms with Crippen molar-refractivity contribution in [2.45, 2.75) is 20.8 Å². The van der Waals surface area contributed by atoms with Crippen molar-refractivity contribution in [3.8, 4) is 0 Å². The molecule has 0 spiro atoms. The van der Waals surface area contributed by atoms with Gasteiger partial charge in [-0.25, -0.2) is 4.98 Å². The van der Waals surface area contributed by atoms with E-state index in [-0.39, 0.29) is 11.8 Å². The van der Waals surface area contributed by atoms with Gasteiger partial charge in [0.2, 0.25) is 17.8 Å². The number of rotatable bonds is 4. The smallest absolute Gasteiger partial charge is 0.227 e. The van der Waals surface area contributed by atoms with Crippen molar-refractivity contribution >= 4 is 35.0 Å². The molecule has 142 valence electrons. The van der Waals surface area contributed by atoms with Crippen LogP contribution < -0.4 is 15.5 Å². The van der Waals surface area contributed by atoms with E-state index < -0.39 is 0 Å². The molecule has 2 amide bonds. The Balaban J connectivity index is 1.74. The van der Waals surface area contributed by atoms with Gasteiger partial charge < -0.3 is 20.4 Å². The van der Waals surface area contributed by atoms with Gasteiger partial charge in [-0.15, -0.1) is 0 Å². The number of aromatic nitrogens is 2. The molecule has 1 saturated heterocycles. The minimum Gasteiger partial charge on any atom is -0.340 e. The van der Waals surface area contributed by atoms with Crippen LogP contribution in [0.4, 0.5) is 23.1 Å². The minimum atomic E-state index is -0.114. The molecule has 3 rings (SSSR count). The third kappa shape index (κ3) is 4.93. The molecular weight excluding hydrogens is 344 g/mol. The summed E-state index contributed by atoms with van der Waals surface area (Å²) in [7, 11) is 0. The fourth-order valence-corrected chi connectivity index (χ4v) is 3.01. The summed E-state index contributed by atoms with van der Waals surface area (Å²) in [6.45, 7) is 7.77. The van der Waals surface area contributed by atoms with Crippen LogP contribution in [0.1, 0.15) is 19.5 Å². The van der Waals surface area contributed by atoms with Crippen molar-refractivity contribution in [1.82, 2.24) is 14.9 Å². The normalized spacial score (nSPS) is 14.0. The first kappa shape index (κ1) is 18.6. The predicted molar refractivity (Wildman–Crippen MR) is 105 cm³/mol. The molecule has 1 aromatic carbocycles. The van der Waals surface area contributed by atoms with Crippen LogP contribution >= 0.6 is 0 Å². The molecule has 1 aromatic heterocycles. The Morgan fingerprint density at radius 2 is 1.70 bits per heavy atom. The van der Waals surface area contributed by atoms with Gasteiger partial charge in [-0.05, 0) is 25.1 Å². The molecule has 2 aromatic rings. The van der Waals surface area contributed by atoms with Crippen LogP contribution in [-0.2, 0) is 9.59 Å². The van der Waals surface area contributed by atoms with Crippen molar-refractivity contribution in [3.63, 3.8) is 0 Å². The first-order chi connectivity index (χ1) is 12.9. The van der Waals surface area contributed by atoms with Gasteiger partial charge in [-0.1, -0.05) is 6.07 Å². The maximum atomic E-state index is 11.5. The number of nitrogens with zero attached hydrogens (tertiary/aromatic N) is 4. The number of benzene rings is 1. The zero-order chi connectivity index (χ0) is 19.4. The number of aryl methyl sites for hydroxylation is 1. The molecule has 1 fully saturated rings. The van der Waals surface area contributed by atoms with Gasteiger partial charge in [0.15, 0.2) is 0 Å². The molecule has 2 heterocycles. The Morgan fingerprint density at radius 3 is 2.37 bits per heavy atom. The lowest BCUT2D eigenvalue weighted by Gasteiger charge is -2.34. The Morgan fingerprint density at radius 1 is 1.00 bits per heavy atom. The van der Waals surface area contributed by atoms with Crippen molar-refractivity contribution in [2.24, 2.45) is 0 Å². The summed E-state index contributed by atoms with van der Waals surface area (Å²) in [5.41, 5.74) is 2.40. The highest BCUT2D eigenvalue weighted by atomic mass is 16.2. The molecule has 0 unspecified atom stereocenters. The zero-order valence-corrected chi connectivity index (χ0v) is 15.8. The summed E-state index contributed by atoms with van der Waals surface area (Å²) in [5.74, 6) is 1.32. The average molecular weight is 368 g/mol. The molecule has 1 aliphatic heterocycles. The van der Waals surface area contributed by atoms with Crippen LogP contribution in [-0.4, -0.2) is 52.9 Å². The number of amides is 2. The summed E-state index contributed by atoms with van der Waals surface area (Å²) < 4.78 is 0. The maximum Gasteiger partial charge on any atom is 0.227 e. The molecule has 2 N–H and O–H groups in total. The summed E-state index contributed by atoms with van der Waals surface area (Å²) in [6, 6.07) is 9.33. The highest BCUT2D eigenvalue weighted by molar-refractivity contribution is 5.89. The SMILES string of the molecule is CC(=O)Nc1cccc(Nc2cc(C)nc(N3CCN(C(C)=O)CC3)n2)c1. The highest BCUT2D eigenvalue weighted by Crippen LogP contribution is 2.22. The molecule has 27 heavy (non-hydrogen) atoms. The van der Waals surface area contributed by atoms with Gasteiger partial charge in [-0.2, -0.15) is 4.98 Å². The second-order valence-corrected chi connectivity index (χ2v) is 6.57. The van der Waals surface area contributed by atoms with E-state index in [9.17, 15) is 9.59 Å². The first-order valence-electron chi connectivity index (χ1n) is 8.91. The average Bonchev–Trinajstić information content (AvgIpc) is 2.61. The van der Waals surface area contributed by atoms with Crippen LogP contribution in [0, 0.1) is 6.92 Å². The van der Waals surface area contributed by atoms with E-state index in [4.69, 9.17) is 0 Å². The first-order valence-corrected chi connectivity index (χ1v) is 8.91. The van der Waals surface area contributed by atoms with E-state index in [0.29, 0.717) is 37.9 Å². The van der Waals surface area contributed by atoms with Crippen LogP contribution in [0.3, 0.4) is 0 Å². The molecule has 8 heteroatoms. The molecular formula is C19H24N6O2. The quantitative estimate of drug-likeness (QED) is 0.859. The Labute approximate surface area is 158 Å². The molecule has 0 atom stereocenters. The van der Waals surface area contributed by atoms with Crippen LogP contribution in [0.15, 0.2) is 30.3 Å². The van der Waals surface area contributed by atoms with Gasteiger partial charge in [0.05, 0.1) is 0 Å². The van der Waals surface area contributed by atoms with Crippen molar-refractivity contribution in [3.05, 3.63) is 36.0 Å². The van der Waals surface area contributed by atoms with Gasteiger partial charge in [0.1, 0.15) is 5.82 Å². The van der Waals surface area contributed by atoms with E-state index >= 15 is 0 Å². The van der Waals surface area contributed by atoms with Crippen LogP contribution in [0.5, 0.6) is 0 Å². The van der Waals surface area contributed by atoms with Crippen LogP contribution in [0.2, 0.25) is 0 Å². The van der Waals surface area contributed by atoms with E-state index in [1.165, 1.54) is 6.92 Å². The molecule has 8 nitrogen and oxygen atoms in total. The van der Waals surface area contributed by atoms with Gasteiger partial charge >= 0.3 is 0 Å². The number of nitrogens with one attached hydrogen (secondary N) is 2. The third-order valence-electron chi connectivity index (χ3n) is 4.31. The summed E-state index contributed by atoms with van der Waals surface area (Å²) in [5, 5.41) is 6.04. The van der Waals surface area contributed by atoms with E-state index in [1.54, 1.807) is 6.92 Å². The third-order valence-corrected chi connectivity index (χ3v) is 4.31. The summed E-state index contributed by atoms with van der Waals surface area (Å²) >= 11 is 0. The summed E-state index contributed by atoms with van der Waals surface area (Å²) in [6.07, 6.45) is 0. The number of hydrogen-bond acceptors (Lipinski definition) is 6. The van der Waals surface area contributed by atoms with Crippen LogP contribution in [0.25, 0.3) is 0 Å². The standard InChI is InChI=1S/C19H24N6O2/c1-13-11-18(22-17-6-4-5-16(12-17)21-14(2)26)23-19(20-13)25-9-7-24(8-10-25)15(3)27/h4-6,11-12H,7-10H2,1-3H3,(H,21,26)(H,20,22,23). The fraction of sp³-hybridized carbons (Fsp3) is 0.368. The maximum absolute atomic E-state index is 11.5. The number of carbonyl (C=O) groups excluding carboxylic acids is 2. The van der Waals surface area contributed by atoms with E-state index in [0.717, 1.165) is 17.1 Å². The number of anilines is 4. The molecule has 0 radical (unpaired) electrons. The van der Waals surface area contributed by atoms with E-state index in [2.05, 4.69) is 25.5 Å². The second-order valence-electron chi connectivity index (χ2n) is 6.57.